The van der Waals surface area contributed by atoms with Gasteiger partial charge in [-0.1, -0.05) is 36.4 Å². The summed E-state index contributed by atoms with van der Waals surface area (Å²) in [6.07, 6.45) is 0.527. The van der Waals surface area contributed by atoms with Crippen molar-refractivity contribution in [2.24, 2.45) is 0 Å². The van der Waals surface area contributed by atoms with Gasteiger partial charge in [0, 0.05) is 16.9 Å². The predicted molar refractivity (Wildman–Crippen MR) is 133 cm³/mol. The van der Waals surface area contributed by atoms with Crippen LogP contribution in [0.15, 0.2) is 48.5 Å². The number of ether oxygens (including phenoxy) is 1. The number of halogens is 1. The number of rotatable bonds is 8. The summed E-state index contributed by atoms with van der Waals surface area (Å²) < 4.78 is 42.6. The fraction of sp³-hybridized carbons (Fsp3) is 0.348. The molecule has 8 nitrogen and oxygen atoms in total. The molecule has 188 valence electrons. The van der Waals surface area contributed by atoms with Crippen molar-refractivity contribution < 1.29 is 37.0 Å². The number of aryl methyl sites for hydroxylation is 1. The molecule has 0 atom stereocenters. The first-order chi connectivity index (χ1) is 16.9. The van der Waals surface area contributed by atoms with Crippen LogP contribution < -0.4 is 4.74 Å². The molecule has 0 aliphatic carbocycles. The van der Waals surface area contributed by atoms with Crippen LogP contribution >= 0.6 is 27.2 Å². The zero-order valence-electron chi connectivity index (χ0n) is 19.0. The monoisotopic (exact) mass is 541 g/mol. The van der Waals surface area contributed by atoms with E-state index in [4.69, 9.17) is 27.8 Å². The van der Waals surface area contributed by atoms with Crippen molar-refractivity contribution in [2.45, 2.75) is 18.7 Å². The summed E-state index contributed by atoms with van der Waals surface area (Å²) >= 11 is 1.62. The van der Waals surface area contributed by atoms with Gasteiger partial charge in [0.1, 0.15) is 5.01 Å². The van der Waals surface area contributed by atoms with Crippen LogP contribution in [0.25, 0.3) is 10.6 Å². The van der Waals surface area contributed by atoms with Gasteiger partial charge in [-0.15, -0.1) is 11.3 Å². The van der Waals surface area contributed by atoms with Crippen molar-refractivity contribution in [3.05, 3.63) is 70.5 Å². The largest absolute Gasteiger partial charge is 0.490 e. The number of aromatic nitrogens is 1. The maximum absolute atomic E-state index is 15.0. The molecule has 0 unspecified atom stereocenters. The van der Waals surface area contributed by atoms with Crippen molar-refractivity contribution in [3.8, 4) is 16.3 Å². The highest BCUT2D eigenvalue weighted by Crippen LogP contribution is 2.88. The van der Waals surface area contributed by atoms with Gasteiger partial charge in [0.05, 0.1) is 38.7 Å². The molecule has 2 saturated heterocycles. The van der Waals surface area contributed by atoms with Gasteiger partial charge in [-0.25, -0.2) is 9.37 Å². The summed E-state index contributed by atoms with van der Waals surface area (Å²) in [5.74, 6) is -0.579. The molecule has 2 fully saturated rings. The highest BCUT2D eigenvalue weighted by molar-refractivity contribution is 7.78. The Morgan fingerprint density at radius 2 is 1.63 bits per heavy atom. The molecule has 1 aromatic heterocycles. The third kappa shape index (κ3) is 5.27. The molecule has 2 aliphatic heterocycles. The predicted octanol–water partition coefficient (Wildman–Crippen LogP) is 5.48. The first-order valence-corrected chi connectivity index (χ1v) is 15.2. The van der Waals surface area contributed by atoms with E-state index < -0.39 is 27.1 Å². The Kier molecular flexibility index (Phi) is 7.47. The number of benzene rings is 2. The average Bonchev–Trinajstić information content (AvgIpc) is 3.57. The van der Waals surface area contributed by atoms with Crippen LogP contribution in [0.3, 0.4) is 0 Å². The minimum atomic E-state index is -3.56. The molecule has 5 rings (SSSR count). The lowest BCUT2D eigenvalue weighted by molar-refractivity contribution is 0.275. The third-order valence-electron chi connectivity index (χ3n) is 5.65. The van der Waals surface area contributed by atoms with Crippen LogP contribution in [0.5, 0.6) is 5.75 Å². The maximum Gasteiger partial charge on any atom is 0.249 e. The maximum atomic E-state index is 15.0. The molecule has 12 heteroatoms. The number of hydrogen-bond acceptors (Lipinski definition) is 9. The summed E-state index contributed by atoms with van der Waals surface area (Å²) in [7, 11) is -7.11. The Morgan fingerprint density at radius 3 is 2.23 bits per heavy atom. The molecule has 3 heterocycles. The summed E-state index contributed by atoms with van der Waals surface area (Å²) in [6.45, 7) is 2.94. The van der Waals surface area contributed by atoms with Crippen molar-refractivity contribution >= 4 is 27.2 Å². The van der Waals surface area contributed by atoms with Crippen LogP contribution in [0.1, 0.15) is 21.5 Å². The van der Waals surface area contributed by atoms with Crippen molar-refractivity contribution in [1.82, 2.24) is 4.98 Å². The van der Waals surface area contributed by atoms with Gasteiger partial charge in [-0.05, 0) is 24.6 Å². The molecule has 0 saturated carbocycles. The first kappa shape index (κ1) is 25.1. The second-order valence-corrected chi connectivity index (χ2v) is 13.9. The number of hydrogen-bond donors (Lipinski definition) is 2. The van der Waals surface area contributed by atoms with Gasteiger partial charge in [0.2, 0.25) is 15.9 Å². The molecule has 2 N–H and O–H groups in total. The van der Waals surface area contributed by atoms with E-state index in [1.165, 1.54) is 12.1 Å². The average molecular weight is 541 g/mol. The van der Waals surface area contributed by atoms with E-state index in [9.17, 15) is 9.79 Å². The molecule has 0 amide bonds. The molecule has 2 radical (unpaired) electrons. The minimum absolute atomic E-state index is 0.0563. The van der Waals surface area contributed by atoms with Crippen LogP contribution in [-0.2, 0) is 24.5 Å². The smallest absolute Gasteiger partial charge is 0.249 e. The van der Waals surface area contributed by atoms with Gasteiger partial charge in [-0.2, -0.15) is 0 Å². The van der Waals surface area contributed by atoms with Crippen LogP contribution in [0, 0.1) is 12.7 Å². The fourth-order valence-electron chi connectivity index (χ4n) is 4.01. The van der Waals surface area contributed by atoms with E-state index in [0.29, 0.717) is 6.42 Å². The van der Waals surface area contributed by atoms with E-state index in [-0.39, 0.29) is 44.3 Å². The van der Waals surface area contributed by atoms with E-state index in [1.807, 2.05) is 37.3 Å². The summed E-state index contributed by atoms with van der Waals surface area (Å²) in [5.41, 5.74) is 2.24. The normalized spacial score (nSPS) is 18.9. The van der Waals surface area contributed by atoms with Crippen molar-refractivity contribution in [2.75, 3.05) is 33.0 Å². The van der Waals surface area contributed by atoms with Gasteiger partial charge >= 0.3 is 0 Å². The van der Waals surface area contributed by atoms with Gasteiger partial charge in [-0.3, -0.25) is 0 Å². The summed E-state index contributed by atoms with van der Waals surface area (Å²) in [5, 5.41) is -0.201. The molecular weight excluding hydrogens is 515 g/mol. The molecule has 0 spiro atoms. The third-order valence-corrected chi connectivity index (χ3v) is 12.5. The Balaban J connectivity index is 1.29. The number of thiazole rings is 1. The Labute approximate surface area is 207 Å². The van der Waals surface area contributed by atoms with Gasteiger partial charge in [0.15, 0.2) is 17.0 Å². The molecule has 3 aromatic rings. The van der Waals surface area contributed by atoms with Crippen LogP contribution in [0.2, 0.25) is 0 Å². The van der Waals surface area contributed by atoms with E-state index >= 15 is 4.39 Å². The topological polar surface area (TPSA) is 99.5 Å². The minimum Gasteiger partial charge on any atom is -0.490 e. The first-order valence-electron chi connectivity index (χ1n) is 11.1. The van der Waals surface area contributed by atoms with E-state index in [1.54, 1.807) is 17.4 Å². The number of nitrogens with zero attached hydrogens (tertiary/aromatic N) is 1. The van der Waals surface area contributed by atoms with Crippen molar-refractivity contribution in [3.63, 3.8) is 0 Å². The lowest BCUT2D eigenvalue weighted by Gasteiger charge is -2.39. The standard InChI is InChI=1S/C23H26FNO7P2S/c1-16-20(25-22(35-16)17-5-3-2-4-6-17)9-10-28-21-8-7-18(15-19(21)24)23(33(26)29-11-12-30-33)34(27)31-13-14-32-34/h2-8,15,23,26-27H,9-14H2,1H3. The fourth-order valence-corrected chi connectivity index (χ4v) is 10.4. The zero-order chi connectivity index (χ0) is 24.5. The zero-order valence-corrected chi connectivity index (χ0v) is 21.6. The molecule has 35 heavy (non-hydrogen) atoms. The summed E-state index contributed by atoms with van der Waals surface area (Å²) in [6, 6.07) is 14.2. The van der Waals surface area contributed by atoms with Gasteiger partial charge < -0.3 is 32.6 Å². The highest BCUT2D eigenvalue weighted by Gasteiger charge is 2.57. The quantitative estimate of drug-likeness (QED) is 0.362. The molecule has 2 aromatic carbocycles. The molecule has 0 bridgehead atoms. The molecular formula is C23H26FNO7P2S. The summed E-state index contributed by atoms with van der Waals surface area (Å²) in [4.78, 5) is 27.8. The lowest BCUT2D eigenvalue weighted by atomic mass is 10.2. The Hall–Kier alpha value is -1.58. The molecule has 2 aliphatic rings. The Bertz CT molecular complexity index is 1150. The van der Waals surface area contributed by atoms with Gasteiger partial charge in [0.25, 0.3) is 0 Å². The second kappa shape index (κ2) is 10.4. The van der Waals surface area contributed by atoms with E-state index in [0.717, 1.165) is 21.1 Å². The second-order valence-electron chi connectivity index (χ2n) is 8.01. The van der Waals surface area contributed by atoms with Crippen molar-refractivity contribution in [1.29, 1.82) is 0 Å². The van der Waals surface area contributed by atoms with Crippen LogP contribution in [0.4, 0.5) is 4.39 Å². The van der Waals surface area contributed by atoms with E-state index in [2.05, 4.69) is 0 Å². The Morgan fingerprint density at radius 1 is 1.00 bits per heavy atom. The van der Waals surface area contributed by atoms with Crippen LogP contribution in [-0.4, -0.2) is 47.8 Å². The SMILES string of the molecule is Cc1sc(-c2ccccc2)nc1CCOc1ccc(C([P]2(O)OCCO2)[P]2(O)OCCO2)cc1F. The highest BCUT2D eigenvalue weighted by atomic mass is 32.1. The lowest BCUT2D eigenvalue weighted by Crippen LogP contribution is -2.13.